The SMILES string of the molecule is CCC(C)(C)C(=O)OCCOCC1CC2C(=O)C(=O)C1C2(C)C. The summed E-state index contributed by atoms with van der Waals surface area (Å²) in [5, 5.41) is 0. The molecule has 2 rings (SSSR count). The smallest absolute Gasteiger partial charge is 0.311 e. The molecule has 0 N–H and O–H groups in total. The molecule has 0 aromatic carbocycles. The van der Waals surface area contributed by atoms with Crippen LogP contribution in [0.4, 0.5) is 0 Å². The van der Waals surface area contributed by atoms with Crippen molar-refractivity contribution in [3.05, 3.63) is 0 Å². The van der Waals surface area contributed by atoms with Crippen LogP contribution in [0, 0.1) is 28.6 Å². The molecule has 2 fully saturated rings. The summed E-state index contributed by atoms with van der Waals surface area (Å²) in [6.45, 7) is 10.7. The van der Waals surface area contributed by atoms with Gasteiger partial charge in [0.2, 0.25) is 11.6 Å². The van der Waals surface area contributed by atoms with Crippen LogP contribution in [-0.4, -0.2) is 37.4 Å². The Morgan fingerprint density at radius 3 is 2.39 bits per heavy atom. The van der Waals surface area contributed by atoms with Gasteiger partial charge in [0.1, 0.15) is 6.61 Å². The Morgan fingerprint density at radius 1 is 1.22 bits per heavy atom. The van der Waals surface area contributed by atoms with Crippen LogP contribution in [0.5, 0.6) is 0 Å². The van der Waals surface area contributed by atoms with Crippen LogP contribution in [0.2, 0.25) is 0 Å². The van der Waals surface area contributed by atoms with Crippen molar-refractivity contribution in [1.29, 1.82) is 0 Å². The van der Waals surface area contributed by atoms with E-state index >= 15 is 0 Å². The molecule has 23 heavy (non-hydrogen) atoms. The highest BCUT2D eigenvalue weighted by Gasteiger charge is 2.63. The highest BCUT2D eigenvalue weighted by atomic mass is 16.6. The molecule has 2 bridgehead atoms. The van der Waals surface area contributed by atoms with Crippen molar-refractivity contribution >= 4 is 17.5 Å². The molecule has 2 aliphatic rings. The molecular formula is C18H28O5. The minimum Gasteiger partial charge on any atom is -0.463 e. The van der Waals surface area contributed by atoms with Crippen LogP contribution in [0.15, 0.2) is 0 Å². The minimum absolute atomic E-state index is 0.1000. The first-order chi connectivity index (χ1) is 10.6. The maximum absolute atomic E-state index is 12.0. The van der Waals surface area contributed by atoms with E-state index in [0.29, 0.717) is 13.2 Å². The lowest BCUT2D eigenvalue weighted by molar-refractivity contribution is -0.155. The summed E-state index contributed by atoms with van der Waals surface area (Å²) in [6.07, 6.45) is 1.45. The lowest BCUT2D eigenvalue weighted by atomic mass is 9.80. The number of ether oxygens (including phenoxy) is 2. The molecule has 0 radical (unpaired) electrons. The Bertz CT molecular complexity index is 506. The monoisotopic (exact) mass is 324 g/mol. The number of Topliss-reactive ketones (excluding diaryl/α,β-unsaturated/α-hetero) is 2. The molecule has 2 saturated carbocycles. The first kappa shape index (κ1) is 18.1. The first-order valence-corrected chi connectivity index (χ1v) is 8.46. The fourth-order valence-corrected chi connectivity index (χ4v) is 3.82. The highest BCUT2D eigenvalue weighted by molar-refractivity contribution is 6.42. The van der Waals surface area contributed by atoms with E-state index in [0.717, 1.165) is 12.8 Å². The molecule has 0 heterocycles. The predicted molar refractivity (Wildman–Crippen MR) is 84.7 cm³/mol. The topological polar surface area (TPSA) is 69.7 Å². The molecule has 5 heteroatoms. The molecule has 0 aromatic heterocycles. The van der Waals surface area contributed by atoms with Crippen LogP contribution < -0.4 is 0 Å². The summed E-state index contributed by atoms with van der Waals surface area (Å²) in [5.74, 6) is -0.922. The molecule has 0 aliphatic heterocycles. The largest absolute Gasteiger partial charge is 0.463 e. The van der Waals surface area contributed by atoms with Gasteiger partial charge in [0.15, 0.2) is 0 Å². The molecule has 0 spiro atoms. The average Bonchev–Trinajstić information content (AvgIpc) is 2.83. The number of carbonyl (C=O) groups excluding carboxylic acids is 3. The maximum atomic E-state index is 12.0. The third-order valence-corrected chi connectivity index (χ3v) is 5.78. The molecule has 0 saturated heterocycles. The van der Waals surface area contributed by atoms with Gasteiger partial charge in [-0.3, -0.25) is 14.4 Å². The van der Waals surface area contributed by atoms with E-state index in [4.69, 9.17) is 9.47 Å². The fraction of sp³-hybridized carbons (Fsp3) is 0.833. The molecule has 130 valence electrons. The van der Waals surface area contributed by atoms with E-state index in [-0.39, 0.29) is 47.3 Å². The minimum atomic E-state index is -0.471. The Kier molecular flexibility index (Phi) is 5.00. The Morgan fingerprint density at radius 2 is 1.87 bits per heavy atom. The summed E-state index contributed by atoms with van der Waals surface area (Å²) < 4.78 is 10.8. The van der Waals surface area contributed by atoms with Gasteiger partial charge in [-0.25, -0.2) is 0 Å². The standard InChI is InChI=1S/C18H28O5/c1-6-17(2,3)16(21)23-8-7-22-10-11-9-12-14(19)15(20)13(11)18(12,4)5/h11-13H,6-10H2,1-5H3. The van der Waals surface area contributed by atoms with Crippen LogP contribution in [-0.2, 0) is 23.9 Å². The summed E-state index contributed by atoms with van der Waals surface area (Å²) in [5.41, 5.74) is -0.721. The quantitative estimate of drug-likeness (QED) is 0.409. The van der Waals surface area contributed by atoms with Crippen LogP contribution >= 0.6 is 0 Å². The summed E-state index contributed by atoms with van der Waals surface area (Å²) in [4.78, 5) is 35.7. The Hall–Kier alpha value is -1.23. The third-order valence-electron chi connectivity index (χ3n) is 5.78. The van der Waals surface area contributed by atoms with Gasteiger partial charge in [-0.05, 0) is 38.0 Å². The van der Waals surface area contributed by atoms with Gasteiger partial charge in [-0.2, -0.15) is 0 Å². The van der Waals surface area contributed by atoms with Gasteiger partial charge in [0.05, 0.1) is 18.6 Å². The van der Waals surface area contributed by atoms with Crippen LogP contribution in [0.3, 0.4) is 0 Å². The van der Waals surface area contributed by atoms with Gasteiger partial charge in [0, 0.05) is 11.8 Å². The second kappa shape index (κ2) is 6.34. The van der Waals surface area contributed by atoms with Gasteiger partial charge in [0.25, 0.3) is 0 Å². The van der Waals surface area contributed by atoms with Gasteiger partial charge >= 0.3 is 5.97 Å². The van der Waals surface area contributed by atoms with E-state index < -0.39 is 5.41 Å². The molecule has 0 aromatic rings. The van der Waals surface area contributed by atoms with Gasteiger partial charge in [-0.15, -0.1) is 0 Å². The third kappa shape index (κ3) is 3.21. The zero-order valence-electron chi connectivity index (χ0n) is 14.8. The molecule has 2 aliphatic carbocycles. The normalized spacial score (nSPS) is 29.2. The molecular weight excluding hydrogens is 296 g/mol. The van der Waals surface area contributed by atoms with Crippen molar-refractivity contribution < 1.29 is 23.9 Å². The lowest BCUT2D eigenvalue weighted by Gasteiger charge is -2.24. The zero-order chi connectivity index (χ0) is 17.4. The van der Waals surface area contributed by atoms with E-state index in [1.807, 2.05) is 34.6 Å². The van der Waals surface area contributed by atoms with Crippen LogP contribution in [0.25, 0.3) is 0 Å². The van der Waals surface area contributed by atoms with E-state index in [1.54, 1.807) is 0 Å². The van der Waals surface area contributed by atoms with Gasteiger partial charge < -0.3 is 9.47 Å². The maximum Gasteiger partial charge on any atom is 0.311 e. The van der Waals surface area contributed by atoms with Crippen molar-refractivity contribution in [2.45, 2.75) is 47.5 Å². The second-order valence-corrected chi connectivity index (χ2v) is 8.02. The zero-order valence-corrected chi connectivity index (χ0v) is 14.8. The van der Waals surface area contributed by atoms with E-state index in [9.17, 15) is 14.4 Å². The number of esters is 1. The fourth-order valence-electron chi connectivity index (χ4n) is 3.82. The Balaban J connectivity index is 1.74. The van der Waals surface area contributed by atoms with E-state index in [1.165, 1.54) is 0 Å². The summed E-state index contributed by atoms with van der Waals surface area (Å²) >= 11 is 0. The number of hydrogen-bond acceptors (Lipinski definition) is 5. The number of hydrogen-bond donors (Lipinski definition) is 0. The predicted octanol–water partition coefficient (Wildman–Crippen LogP) is 2.41. The van der Waals surface area contributed by atoms with Crippen LogP contribution in [0.1, 0.15) is 47.5 Å². The molecule has 5 nitrogen and oxygen atoms in total. The summed E-state index contributed by atoms with van der Waals surface area (Å²) in [6, 6.07) is 0. The highest BCUT2D eigenvalue weighted by Crippen LogP contribution is 2.56. The molecule has 0 amide bonds. The molecule has 3 unspecified atom stereocenters. The second-order valence-electron chi connectivity index (χ2n) is 8.02. The Labute approximate surface area is 138 Å². The summed E-state index contributed by atoms with van der Waals surface area (Å²) in [7, 11) is 0. The van der Waals surface area contributed by atoms with E-state index in [2.05, 4.69) is 0 Å². The number of carbonyl (C=O) groups is 3. The molecule has 3 atom stereocenters. The van der Waals surface area contributed by atoms with Crippen molar-refractivity contribution in [3.8, 4) is 0 Å². The van der Waals surface area contributed by atoms with Crippen molar-refractivity contribution in [2.24, 2.45) is 28.6 Å². The first-order valence-electron chi connectivity index (χ1n) is 8.46. The van der Waals surface area contributed by atoms with Crippen molar-refractivity contribution in [2.75, 3.05) is 19.8 Å². The van der Waals surface area contributed by atoms with Crippen molar-refractivity contribution in [3.63, 3.8) is 0 Å². The average molecular weight is 324 g/mol. The van der Waals surface area contributed by atoms with Gasteiger partial charge in [-0.1, -0.05) is 20.8 Å². The lowest BCUT2D eigenvalue weighted by Crippen LogP contribution is -2.32. The number of fused-ring (bicyclic) bond motifs is 2. The number of rotatable bonds is 7. The van der Waals surface area contributed by atoms with Crippen molar-refractivity contribution in [1.82, 2.24) is 0 Å². The number of ketones is 2.